The number of rotatable bonds is 0. The van der Waals surface area contributed by atoms with Gasteiger partial charge in [-0.05, 0) is 90.8 Å². The molecule has 5 aliphatic carbocycles. The average Bonchev–Trinajstić information content (AvgIpc) is 3.11. The van der Waals surface area contributed by atoms with E-state index in [4.69, 9.17) is 0 Å². The number of aliphatic hydroxyl groups is 1. The first-order valence-corrected chi connectivity index (χ1v) is 11.5. The molecule has 1 heteroatoms. The Balaban J connectivity index is 1.65. The first kappa shape index (κ1) is 17.8. The molecule has 9 atom stereocenters. The summed E-state index contributed by atoms with van der Waals surface area (Å²) in [5, 5.41) is 11.4. The van der Waals surface area contributed by atoms with Gasteiger partial charge in [-0.15, -0.1) is 0 Å². The third-order valence-electron chi connectivity index (χ3n) is 11.0. The van der Waals surface area contributed by atoms with Crippen LogP contribution in [0.1, 0.15) is 86.5 Å². The van der Waals surface area contributed by atoms with Crippen molar-refractivity contribution in [1.29, 1.82) is 0 Å². The van der Waals surface area contributed by atoms with E-state index in [0.29, 0.717) is 22.2 Å². The van der Waals surface area contributed by atoms with Crippen LogP contribution in [0, 0.1) is 51.2 Å². The van der Waals surface area contributed by atoms with Gasteiger partial charge in [0.15, 0.2) is 0 Å². The van der Waals surface area contributed by atoms with Gasteiger partial charge in [0.25, 0.3) is 0 Å². The number of hydrogen-bond donors (Lipinski definition) is 1. The molecule has 0 aromatic heterocycles. The summed E-state index contributed by atoms with van der Waals surface area (Å²) in [5.74, 6) is 3.86. The smallest absolute Gasteiger partial charge is 0.0636 e. The molecule has 0 amide bonds. The number of hydrogen-bond acceptors (Lipinski definition) is 1. The van der Waals surface area contributed by atoms with Crippen molar-refractivity contribution in [3.8, 4) is 0 Å². The minimum atomic E-state index is -0.153. The predicted molar refractivity (Wildman–Crippen MR) is 108 cm³/mol. The largest absolute Gasteiger partial charge is 0.392 e. The zero-order valence-electron chi connectivity index (χ0n) is 17.9. The van der Waals surface area contributed by atoms with Gasteiger partial charge in [-0.25, -0.2) is 0 Å². The molecule has 5 rings (SSSR count). The summed E-state index contributed by atoms with van der Waals surface area (Å²) in [6.07, 6.45) is 11.8. The molecular formula is C25H40O. The van der Waals surface area contributed by atoms with Crippen LogP contribution in [-0.4, -0.2) is 11.2 Å². The zero-order valence-corrected chi connectivity index (χ0v) is 17.9. The van der Waals surface area contributed by atoms with Crippen molar-refractivity contribution in [1.82, 2.24) is 0 Å². The van der Waals surface area contributed by atoms with E-state index in [0.717, 1.165) is 30.1 Å². The van der Waals surface area contributed by atoms with E-state index < -0.39 is 0 Å². The summed E-state index contributed by atoms with van der Waals surface area (Å²) < 4.78 is 0. The van der Waals surface area contributed by atoms with Crippen LogP contribution in [0.15, 0.2) is 11.6 Å². The topological polar surface area (TPSA) is 20.2 Å². The highest BCUT2D eigenvalue weighted by molar-refractivity contribution is 5.37. The Bertz CT molecular complexity index is 661. The Morgan fingerprint density at radius 1 is 0.962 bits per heavy atom. The Morgan fingerprint density at radius 2 is 1.65 bits per heavy atom. The molecule has 0 bridgehead atoms. The lowest BCUT2D eigenvalue weighted by Crippen LogP contribution is -2.55. The fraction of sp³-hybridized carbons (Fsp3) is 0.920. The maximum absolute atomic E-state index is 11.4. The second-order valence-corrected chi connectivity index (χ2v) is 12.5. The van der Waals surface area contributed by atoms with Crippen molar-refractivity contribution in [3.63, 3.8) is 0 Å². The Kier molecular flexibility index (Phi) is 3.42. The van der Waals surface area contributed by atoms with Crippen LogP contribution in [0.5, 0.6) is 0 Å². The molecule has 26 heavy (non-hydrogen) atoms. The second kappa shape index (κ2) is 5.00. The third-order valence-corrected chi connectivity index (χ3v) is 11.0. The maximum Gasteiger partial charge on any atom is 0.0636 e. The second-order valence-electron chi connectivity index (χ2n) is 12.5. The van der Waals surface area contributed by atoms with E-state index in [9.17, 15) is 5.11 Å². The SMILES string of the molecule is C[C@H]1CC[C@@H]2CC[C@@H]3C(=C[C@]4(C)[C@H]3[C@H]3C(C)(C)CC[C@@]3(C)C[C@H]4O)[C@@]21C. The summed E-state index contributed by atoms with van der Waals surface area (Å²) in [5.41, 5.74) is 2.96. The van der Waals surface area contributed by atoms with Crippen molar-refractivity contribution >= 4 is 0 Å². The van der Waals surface area contributed by atoms with Gasteiger partial charge in [0.2, 0.25) is 0 Å². The maximum atomic E-state index is 11.4. The molecule has 4 saturated carbocycles. The van der Waals surface area contributed by atoms with Crippen LogP contribution in [0.2, 0.25) is 0 Å². The van der Waals surface area contributed by atoms with Crippen molar-refractivity contribution in [2.45, 2.75) is 92.6 Å². The van der Waals surface area contributed by atoms with Gasteiger partial charge in [0, 0.05) is 5.41 Å². The Morgan fingerprint density at radius 3 is 2.38 bits per heavy atom. The zero-order chi connectivity index (χ0) is 18.7. The molecule has 0 aliphatic heterocycles. The Labute approximate surface area is 161 Å². The lowest BCUT2D eigenvalue weighted by atomic mass is 9.47. The molecular weight excluding hydrogens is 316 g/mol. The minimum absolute atomic E-state index is 0.00595. The fourth-order valence-corrected chi connectivity index (χ4v) is 9.44. The van der Waals surface area contributed by atoms with Crippen LogP contribution in [0.3, 0.4) is 0 Å². The minimum Gasteiger partial charge on any atom is -0.392 e. The highest BCUT2D eigenvalue weighted by Gasteiger charge is 2.68. The normalized spacial score (nSPS) is 60.0. The molecule has 5 aliphatic rings. The van der Waals surface area contributed by atoms with Crippen molar-refractivity contribution in [2.24, 2.45) is 51.2 Å². The molecule has 0 spiro atoms. The van der Waals surface area contributed by atoms with E-state index in [1.807, 2.05) is 0 Å². The van der Waals surface area contributed by atoms with Crippen LogP contribution in [0.25, 0.3) is 0 Å². The van der Waals surface area contributed by atoms with Crippen molar-refractivity contribution in [2.75, 3.05) is 0 Å². The van der Waals surface area contributed by atoms with E-state index >= 15 is 0 Å². The highest BCUT2D eigenvalue weighted by Crippen LogP contribution is 2.74. The lowest BCUT2D eigenvalue weighted by Gasteiger charge is -2.57. The molecule has 0 saturated heterocycles. The van der Waals surface area contributed by atoms with Gasteiger partial charge >= 0.3 is 0 Å². The van der Waals surface area contributed by atoms with E-state index in [1.165, 1.54) is 38.5 Å². The van der Waals surface area contributed by atoms with Gasteiger partial charge in [0.05, 0.1) is 6.10 Å². The van der Waals surface area contributed by atoms with Gasteiger partial charge < -0.3 is 5.11 Å². The molecule has 1 nitrogen and oxygen atoms in total. The van der Waals surface area contributed by atoms with Crippen molar-refractivity contribution < 1.29 is 5.11 Å². The van der Waals surface area contributed by atoms with E-state index in [-0.39, 0.29) is 11.5 Å². The number of allylic oxidation sites excluding steroid dienone is 1. The standard InChI is InChI=1S/C25H40O/c1-15-7-8-16-9-10-17-18(25(15,16)6)13-24(5)19(26)14-23(4)12-11-22(2,3)21(23)20(17)24/h13,15-17,19-21,26H,7-12,14H2,1-6H3/t15-,16+,17+,19+,20+,21-,23-,24-,25+/m0/s1. The highest BCUT2D eigenvalue weighted by atomic mass is 16.3. The van der Waals surface area contributed by atoms with Crippen LogP contribution < -0.4 is 0 Å². The van der Waals surface area contributed by atoms with Crippen molar-refractivity contribution in [3.05, 3.63) is 11.6 Å². The summed E-state index contributed by atoms with van der Waals surface area (Å²) in [6.45, 7) is 15.1. The number of aliphatic hydroxyl groups excluding tert-OH is 1. The van der Waals surface area contributed by atoms with E-state index in [1.54, 1.807) is 5.57 Å². The first-order valence-electron chi connectivity index (χ1n) is 11.5. The molecule has 4 fully saturated rings. The molecule has 146 valence electrons. The van der Waals surface area contributed by atoms with Crippen LogP contribution >= 0.6 is 0 Å². The first-order chi connectivity index (χ1) is 12.0. The van der Waals surface area contributed by atoms with E-state index in [2.05, 4.69) is 47.6 Å². The van der Waals surface area contributed by atoms with Gasteiger partial charge in [-0.3, -0.25) is 0 Å². The summed E-state index contributed by atoms with van der Waals surface area (Å²) in [4.78, 5) is 0. The molecule has 0 unspecified atom stereocenters. The fourth-order valence-electron chi connectivity index (χ4n) is 9.44. The third kappa shape index (κ3) is 1.88. The monoisotopic (exact) mass is 356 g/mol. The molecule has 0 heterocycles. The van der Waals surface area contributed by atoms with Gasteiger partial charge in [0.1, 0.15) is 0 Å². The quantitative estimate of drug-likeness (QED) is 0.511. The predicted octanol–water partition coefficient (Wildman–Crippen LogP) is 6.22. The summed E-state index contributed by atoms with van der Waals surface area (Å²) >= 11 is 0. The average molecular weight is 357 g/mol. The Hall–Kier alpha value is -0.300. The molecule has 0 aromatic carbocycles. The van der Waals surface area contributed by atoms with Crippen LogP contribution in [0.4, 0.5) is 0 Å². The van der Waals surface area contributed by atoms with Gasteiger partial charge in [-0.1, -0.05) is 53.2 Å². The molecule has 0 aromatic rings. The summed E-state index contributed by atoms with van der Waals surface area (Å²) in [7, 11) is 0. The molecule has 0 radical (unpaired) electrons. The van der Waals surface area contributed by atoms with Crippen LogP contribution in [-0.2, 0) is 0 Å². The van der Waals surface area contributed by atoms with Gasteiger partial charge in [-0.2, -0.15) is 0 Å². The molecule has 1 N–H and O–H groups in total. The lowest BCUT2D eigenvalue weighted by molar-refractivity contribution is -0.126. The summed E-state index contributed by atoms with van der Waals surface area (Å²) in [6, 6.07) is 0. The number of fused-ring (bicyclic) bond motifs is 7.